The van der Waals surface area contributed by atoms with Gasteiger partial charge in [-0.15, -0.1) is 0 Å². The second-order valence-electron chi connectivity index (χ2n) is 5.97. The van der Waals surface area contributed by atoms with Gasteiger partial charge in [0.1, 0.15) is 5.25 Å². The third-order valence-corrected chi connectivity index (χ3v) is 6.97. The first-order valence-corrected chi connectivity index (χ1v) is 8.68. The van der Waals surface area contributed by atoms with E-state index in [1.807, 2.05) is 0 Å². The summed E-state index contributed by atoms with van der Waals surface area (Å²) in [5, 5.41) is -0.762. The average Bonchev–Trinajstić information content (AvgIpc) is 3.18. The molecule has 9 heteroatoms. The minimum absolute atomic E-state index is 0.0662. The maximum Gasteiger partial charge on any atom is 0.407 e. The maximum atomic E-state index is 13.1. The summed E-state index contributed by atoms with van der Waals surface area (Å²) in [6.45, 7) is 6.93. The molecule has 24 heavy (non-hydrogen) atoms. The van der Waals surface area contributed by atoms with Crippen molar-refractivity contribution >= 4 is 21.4 Å². The van der Waals surface area contributed by atoms with E-state index in [4.69, 9.17) is 11.3 Å². The van der Waals surface area contributed by atoms with E-state index >= 15 is 0 Å². The van der Waals surface area contributed by atoms with Gasteiger partial charge in [0.15, 0.2) is 5.69 Å². The summed E-state index contributed by atoms with van der Waals surface area (Å²) in [4.78, 5) is 2.86. The van der Waals surface area contributed by atoms with Crippen LogP contribution in [0.3, 0.4) is 0 Å². The number of halogens is 3. The van der Waals surface area contributed by atoms with Gasteiger partial charge in [-0.1, -0.05) is 18.2 Å². The van der Waals surface area contributed by atoms with Crippen LogP contribution in [0.1, 0.15) is 5.56 Å². The predicted octanol–water partition coefficient (Wildman–Crippen LogP) is 2.73. The molecule has 5 nitrogen and oxygen atoms in total. The molecular weight excluding hydrogens is 345 g/mol. The summed E-state index contributed by atoms with van der Waals surface area (Å²) in [7, 11) is -3.82. The molecule has 2 saturated heterocycles. The van der Waals surface area contributed by atoms with Gasteiger partial charge in [0.2, 0.25) is 10.0 Å². The Labute approximate surface area is 136 Å². The lowest BCUT2D eigenvalue weighted by atomic mass is 9.94. The lowest BCUT2D eigenvalue weighted by Crippen LogP contribution is -2.35. The Hall–Kier alpha value is -2.05. The highest BCUT2D eigenvalue weighted by Gasteiger charge is 2.59. The van der Waals surface area contributed by atoms with Crippen molar-refractivity contribution in [3.63, 3.8) is 0 Å². The molecule has 2 fully saturated rings. The number of ether oxygens (including phenoxy) is 1. The van der Waals surface area contributed by atoms with Gasteiger partial charge in [0.25, 0.3) is 0 Å². The maximum absolute atomic E-state index is 13.1. The van der Waals surface area contributed by atoms with Crippen LogP contribution in [0.15, 0.2) is 30.4 Å². The normalized spacial score (nSPS) is 32.8. The van der Waals surface area contributed by atoms with E-state index < -0.39 is 38.8 Å². The Morgan fingerprint density at radius 3 is 2.58 bits per heavy atom. The largest absolute Gasteiger partial charge is 0.407 e. The van der Waals surface area contributed by atoms with Gasteiger partial charge in [0, 0.05) is 18.2 Å². The minimum atomic E-state index is -4.72. The van der Waals surface area contributed by atoms with E-state index in [2.05, 4.69) is 4.85 Å². The molecule has 0 aromatic heterocycles. The first-order valence-electron chi connectivity index (χ1n) is 7.17. The number of hydrogen-bond acceptors (Lipinski definition) is 3. The van der Waals surface area contributed by atoms with Gasteiger partial charge in [-0.2, -0.15) is 13.2 Å². The third kappa shape index (κ3) is 1.99. The van der Waals surface area contributed by atoms with Crippen molar-refractivity contribution in [1.82, 2.24) is 0 Å². The number of anilines is 1. The summed E-state index contributed by atoms with van der Waals surface area (Å²) in [5.74, 6) is -0.292. The average molecular weight is 356 g/mol. The standard InChI is InChI=1S/C15H11F3N2O3S/c1-19-11-3-2-8(6-10(11)15(16,17)18)20-7-9-12-4-5-13(23-12)14(9)24(20,21)22/h2-6,9,12-14H,7H2/t9-,12-,13+,14-/m0/s1. The summed E-state index contributed by atoms with van der Waals surface area (Å²) < 4.78 is 71.4. The summed E-state index contributed by atoms with van der Waals surface area (Å²) in [5.41, 5.74) is -1.74. The Kier molecular flexibility index (Phi) is 3.06. The molecule has 1 aromatic rings. The number of benzene rings is 1. The van der Waals surface area contributed by atoms with E-state index in [1.54, 1.807) is 12.2 Å². The molecule has 4 rings (SSSR count). The Morgan fingerprint density at radius 2 is 1.96 bits per heavy atom. The van der Waals surface area contributed by atoms with Crippen molar-refractivity contribution < 1.29 is 26.3 Å². The number of rotatable bonds is 1. The third-order valence-electron chi connectivity index (χ3n) is 4.69. The van der Waals surface area contributed by atoms with E-state index in [9.17, 15) is 21.6 Å². The molecule has 3 aliphatic rings. The molecule has 3 heterocycles. The lowest BCUT2D eigenvalue weighted by Gasteiger charge is -2.22. The number of nitrogens with zero attached hydrogens (tertiary/aromatic N) is 2. The van der Waals surface area contributed by atoms with Crippen LogP contribution in [0, 0.1) is 12.5 Å². The molecule has 0 amide bonds. The quantitative estimate of drug-likeness (QED) is 0.574. The van der Waals surface area contributed by atoms with E-state index in [0.29, 0.717) is 0 Å². The number of alkyl halides is 3. The van der Waals surface area contributed by atoms with Gasteiger partial charge in [0.05, 0.1) is 24.3 Å². The Balaban J connectivity index is 1.77. The van der Waals surface area contributed by atoms with Crippen molar-refractivity contribution in [2.45, 2.75) is 23.6 Å². The number of fused-ring (bicyclic) bond motifs is 5. The Morgan fingerprint density at radius 1 is 1.25 bits per heavy atom. The van der Waals surface area contributed by atoms with Crippen LogP contribution in [0.5, 0.6) is 0 Å². The van der Waals surface area contributed by atoms with Gasteiger partial charge >= 0.3 is 6.18 Å². The Bertz CT molecular complexity index is 888. The monoisotopic (exact) mass is 356 g/mol. The van der Waals surface area contributed by atoms with Gasteiger partial charge in [-0.05, 0) is 12.1 Å². The van der Waals surface area contributed by atoms with Crippen LogP contribution < -0.4 is 4.31 Å². The summed E-state index contributed by atoms with van der Waals surface area (Å²) in [6.07, 6.45) is -2.09. The van der Waals surface area contributed by atoms with E-state index in [0.717, 1.165) is 16.4 Å². The van der Waals surface area contributed by atoms with Crippen LogP contribution in [-0.2, 0) is 20.9 Å². The van der Waals surface area contributed by atoms with Crippen molar-refractivity contribution in [1.29, 1.82) is 0 Å². The zero-order valence-corrected chi connectivity index (χ0v) is 12.9. The zero-order chi connectivity index (χ0) is 17.3. The SMILES string of the molecule is [C-]#[N+]c1ccc(N2C[C@@H]3[C@@H]([C@H]4C=C[C@@H]3O4)S2(=O)=O)cc1C(F)(F)F. The van der Waals surface area contributed by atoms with Crippen LogP contribution >= 0.6 is 0 Å². The molecule has 0 radical (unpaired) electrons. The van der Waals surface area contributed by atoms with Crippen molar-refractivity contribution in [2.24, 2.45) is 5.92 Å². The fraction of sp³-hybridized carbons (Fsp3) is 0.400. The molecular formula is C15H11F3N2O3S. The van der Waals surface area contributed by atoms with E-state index in [-0.39, 0.29) is 24.3 Å². The molecule has 0 saturated carbocycles. The molecule has 126 valence electrons. The van der Waals surface area contributed by atoms with E-state index in [1.165, 1.54) is 6.07 Å². The van der Waals surface area contributed by atoms with Crippen LogP contribution in [0.4, 0.5) is 24.5 Å². The van der Waals surface area contributed by atoms with Gasteiger partial charge in [-0.25, -0.2) is 13.3 Å². The van der Waals surface area contributed by atoms with Crippen LogP contribution in [0.2, 0.25) is 0 Å². The smallest absolute Gasteiger partial charge is 0.365 e. The molecule has 4 atom stereocenters. The molecule has 3 aliphatic heterocycles. The minimum Gasteiger partial charge on any atom is -0.365 e. The highest BCUT2D eigenvalue weighted by atomic mass is 32.2. The van der Waals surface area contributed by atoms with Crippen LogP contribution in [-0.4, -0.2) is 32.4 Å². The van der Waals surface area contributed by atoms with Gasteiger partial charge < -0.3 is 4.74 Å². The highest BCUT2D eigenvalue weighted by Crippen LogP contribution is 2.47. The highest BCUT2D eigenvalue weighted by molar-refractivity contribution is 7.93. The second kappa shape index (κ2) is 4.74. The predicted molar refractivity (Wildman–Crippen MR) is 79.1 cm³/mol. The molecule has 0 aliphatic carbocycles. The fourth-order valence-electron chi connectivity index (χ4n) is 3.65. The fourth-order valence-corrected chi connectivity index (χ4v) is 5.91. The topological polar surface area (TPSA) is 51.0 Å². The molecule has 0 spiro atoms. The summed E-state index contributed by atoms with van der Waals surface area (Å²) in [6, 6.07) is 3.00. The first kappa shape index (κ1) is 15.5. The van der Waals surface area contributed by atoms with Crippen molar-refractivity contribution in [3.8, 4) is 0 Å². The van der Waals surface area contributed by atoms with Crippen LogP contribution in [0.25, 0.3) is 4.85 Å². The lowest BCUT2D eigenvalue weighted by molar-refractivity contribution is -0.136. The molecule has 0 unspecified atom stereocenters. The molecule has 0 N–H and O–H groups in total. The summed E-state index contributed by atoms with van der Waals surface area (Å²) >= 11 is 0. The first-order chi connectivity index (χ1) is 11.2. The number of hydrogen-bond donors (Lipinski definition) is 0. The van der Waals surface area contributed by atoms with Gasteiger partial charge in [-0.3, -0.25) is 4.31 Å². The number of sulfonamides is 1. The van der Waals surface area contributed by atoms with Crippen molar-refractivity contribution in [2.75, 3.05) is 10.8 Å². The molecule has 2 bridgehead atoms. The molecule has 1 aromatic carbocycles. The van der Waals surface area contributed by atoms with Crippen molar-refractivity contribution in [3.05, 3.63) is 47.3 Å². The second-order valence-corrected chi connectivity index (χ2v) is 7.98. The zero-order valence-electron chi connectivity index (χ0n) is 12.1.